The maximum Gasteiger partial charge on any atom is 0.160 e. The molecule has 5 heteroatoms. The van der Waals surface area contributed by atoms with Gasteiger partial charge >= 0.3 is 0 Å². The molecule has 0 aromatic carbocycles. The maximum absolute atomic E-state index is 8.96. The zero-order valence-corrected chi connectivity index (χ0v) is 10.0. The zero-order chi connectivity index (χ0) is 12.3. The lowest BCUT2D eigenvalue weighted by molar-refractivity contribution is 0.273. The monoisotopic (exact) mass is 234 g/mol. The smallest absolute Gasteiger partial charge is 0.160 e. The van der Waals surface area contributed by atoms with Gasteiger partial charge in [-0.1, -0.05) is 6.92 Å². The Kier molecular flexibility index (Phi) is 3.71. The van der Waals surface area contributed by atoms with Crippen LogP contribution in [0.3, 0.4) is 0 Å². The lowest BCUT2D eigenvalue weighted by Crippen LogP contribution is -2.18. The molecule has 17 heavy (non-hydrogen) atoms. The molecule has 0 spiro atoms. The van der Waals surface area contributed by atoms with E-state index in [4.69, 9.17) is 10.8 Å². The maximum atomic E-state index is 8.96. The minimum atomic E-state index is -0.235. The highest BCUT2D eigenvalue weighted by molar-refractivity contribution is 5.71. The van der Waals surface area contributed by atoms with Gasteiger partial charge in [0.15, 0.2) is 5.65 Å². The normalized spacial score (nSPS) is 13.1. The number of aliphatic hydroxyl groups excluding tert-OH is 1. The summed E-state index contributed by atoms with van der Waals surface area (Å²) in [6.07, 6.45) is 3.28. The fourth-order valence-corrected chi connectivity index (χ4v) is 1.97. The van der Waals surface area contributed by atoms with Gasteiger partial charge in [0, 0.05) is 19.3 Å². The summed E-state index contributed by atoms with van der Waals surface area (Å²) in [5.74, 6) is 0.814. The Hall–Kier alpha value is -1.46. The summed E-state index contributed by atoms with van der Waals surface area (Å²) in [5.41, 5.74) is 7.77. The molecule has 0 amide bonds. The van der Waals surface area contributed by atoms with Crippen LogP contribution in [0.4, 0.5) is 0 Å². The average molecular weight is 234 g/mol. The third-order valence-electron chi connectivity index (χ3n) is 2.75. The van der Waals surface area contributed by atoms with Crippen molar-refractivity contribution in [2.24, 2.45) is 5.73 Å². The highest BCUT2D eigenvalue weighted by atomic mass is 16.3. The van der Waals surface area contributed by atoms with Gasteiger partial charge in [-0.3, -0.25) is 0 Å². The van der Waals surface area contributed by atoms with Gasteiger partial charge in [0.1, 0.15) is 11.3 Å². The number of rotatable bonds is 5. The summed E-state index contributed by atoms with van der Waals surface area (Å²) in [5, 5.41) is 8.96. The van der Waals surface area contributed by atoms with E-state index in [1.54, 1.807) is 6.20 Å². The van der Waals surface area contributed by atoms with Gasteiger partial charge in [0.05, 0.1) is 6.04 Å². The van der Waals surface area contributed by atoms with Gasteiger partial charge in [0.2, 0.25) is 0 Å². The molecule has 2 aromatic rings. The van der Waals surface area contributed by atoms with Crippen molar-refractivity contribution in [2.75, 3.05) is 6.61 Å². The van der Waals surface area contributed by atoms with Crippen molar-refractivity contribution in [2.45, 2.75) is 32.4 Å². The van der Waals surface area contributed by atoms with E-state index in [0.717, 1.165) is 30.0 Å². The fraction of sp³-hybridized carbons (Fsp3) is 0.500. The number of nitrogens with zero attached hydrogens (tertiary/aromatic N) is 3. The first kappa shape index (κ1) is 12.0. The predicted octanol–water partition coefficient (Wildman–Crippen LogP) is 1.22. The molecule has 0 aliphatic rings. The van der Waals surface area contributed by atoms with Gasteiger partial charge in [-0.05, 0) is 25.0 Å². The molecule has 0 saturated carbocycles. The lowest BCUT2D eigenvalue weighted by Gasteiger charge is -2.12. The van der Waals surface area contributed by atoms with E-state index in [1.165, 1.54) is 0 Å². The van der Waals surface area contributed by atoms with Crippen LogP contribution in [0.15, 0.2) is 18.3 Å². The van der Waals surface area contributed by atoms with Crippen LogP contribution >= 0.6 is 0 Å². The summed E-state index contributed by atoms with van der Waals surface area (Å²) in [6.45, 7) is 3.03. The van der Waals surface area contributed by atoms with Crippen LogP contribution in [0.25, 0.3) is 11.2 Å². The minimum Gasteiger partial charge on any atom is -0.396 e. The van der Waals surface area contributed by atoms with Crippen LogP contribution in [0.2, 0.25) is 0 Å². The molecule has 92 valence electrons. The lowest BCUT2D eigenvalue weighted by atomic mass is 10.2. The molecule has 1 unspecified atom stereocenters. The molecule has 0 fully saturated rings. The largest absolute Gasteiger partial charge is 0.396 e. The topological polar surface area (TPSA) is 77.0 Å². The number of hydrogen-bond acceptors (Lipinski definition) is 4. The second-order valence-electron chi connectivity index (χ2n) is 4.09. The minimum absolute atomic E-state index is 0.0733. The average Bonchev–Trinajstić information content (AvgIpc) is 2.70. The third-order valence-corrected chi connectivity index (χ3v) is 2.75. The molecule has 0 aliphatic carbocycles. The summed E-state index contributed by atoms with van der Waals surface area (Å²) < 4.78 is 2.05. The standard InChI is InChI=1S/C12H18N4O/c1-2-7-16-11(9(13)5-8-17)15-10-4-3-6-14-12(10)16/h3-4,6,9,17H,2,5,7-8,13H2,1H3. The molecule has 0 saturated heterocycles. The number of aromatic nitrogens is 3. The second kappa shape index (κ2) is 5.25. The summed E-state index contributed by atoms with van der Waals surface area (Å²) in [7, 11) is 0. The molecule has 2 rings (SSSR count). The number of nitrogens with two attached hydrogens (primary N) is 1. The number of aryl methyl sites for hydroxylation is 1. The van der Waals surface area contributed by atoms with Crippen molar-refractivity contribution < 1.29 is 5.11 Å². The van der Waals surface area contributed by atoms with Crippen molar-refractivity contribution in [3.63, 3.8) is 0 Å². The Morgan fingerprint density at radius 1 is 1.53 bits per heavy atom. The van der Waals surface area contributed by atoms with Gasteiger partial charge in [-0.2, -0.15) is 0 Å². The number of imidazole rings is 1. The molecule has 2 aromatic heterocycles. The Morgan fingerprint density at radius 3 is 3.06 bits per heavy atom. The molecule has 0 bridgehead atoms. The molecule has 0 radical (unpaired) electrons. The van der Waals surface area contributed by atoms with E-state index < -0.39 is 0 Å². The fourth-order valence-electron chi connectivity index (χ4n) is 1.97. The molecule has 2 heterocycles. The SMILES string of the molecule is CCCn1c(C(N)CCO)nc2cccnc21. The van der Waals surface area contributed by atoms with Crippen LogP contribution < -0.4 is 5.73 Å². The highest BCUT2D eigenvalue weighted by Gasteiger charge is 2.16. The molecular weight excluding hydrogens is 216 g/mol. The number of aliphatic hydroxyl groups is 1. The number of hydrogen-bond donors (Lipinski definition) is 2. The first-order valence-electron chi connectivity index (χ1n) is 5.95. The molecule has 0 aliphatic heterocycles. The van der Waals surface area contributed by atoms with Crippen molar-refractivity contribution in [1.29, 1.82) is 0 Å². The number of fused-ring (bicyclic) bond motifs is 1. The molecular formula is C12H18N4O. The van der Waals surface area contributed by atoms with E-state index >= 15 is 0 Å². The number of pyridine rings is 1. The summed E-state index contributed by atoms with van der Waals surface area (Å²) in [4.78, 5) is 8.86. The Bertz CT molecular complexity index is 494. The Morgan fingerprint density at radius 2 is 2.35 bits per heavy atom. The van der Waals surface area contributed by atoms with Crippen LogP contribution in [-0.2, 0) is 6.54 Å². The first-order chi connectivity index (χ1) is 8.27. The second-order valence-corrected chi connectivity index (χ2v) is 4.09. The molecule has 5 nitrogen and oxygen atoms in total. The predicted molar refractivity (Wildman–Crippen MR) is 66.5 cm³/mol. The van der Waals surface area contributed by atoms with Crippen molar-refractivity contribution in [3.8, 4) is 0 Å². The molecule has 1 atom stereocenters. The van der Waals surface area contributed by atoms with Crippen LogP contribution in [0, 0.1) is 0 Å². The molecule has 3 N–H and O–H groups in total. The van der Waals surface area contributed by atoms with Crippen LogP contribution in [0.5, 0.6) is 0 Å². The van der Waals surface area contributed by atoms with E-state index in [2.05, 4.69) is 21.5 Å². The van der Waals surface area contributed by atoms with Crippen molar-refractivity contribution in [3.05, 3.63) is 24.2 Å². The van der Waals surface area contributed by atoms with E-state index in [9.17, 15) is 0 Å². The zero-order valence-electron chi connectivity index (χ0n) is 10.0. The summed E-state index contributed by atoms with van der Waals surface area (Å²) in [6, 6.07) is 3.57. The van der Waals surface area contributed by atoms with E-state index in [0.29, 0.717) is 6.42 Å². The van der Waals surface area contributed by atoms with Gasteiger partial charge in [-0.25, -0.2) is 9.97 Å². The highest BCUT2D eigenvalue weighted by Crippen LogP contribution is 2.20. The van der Waals surface area contributed by atoms with E-state index in [1.807, 2.05) is 12.1 Å². The third kappa shape index (κ3) is 2.30. The Labute approximate surface area is 100 Å². The Balaban J connectivity index is 2.49. The van der Waals surface area contributed by atoms with Gasteiger partial charge in [0.25, 0.3) is 0 Å². The van der Waals surface area contributed by atoms with Crippen molar-refractivity contribution >= 4 is 11.2 Å². The van der Waals surface area contributed by atoms with E-state index in [-0.39, 0.29) is 12.6 Å². The van der Waals surface area contributed by atoms with Gasteiger partial charge < -0.3 is 15.4 Å². The van der Waals surface area contributed by atoms with Gasteiger partial charge in [-0.15, -0.1) is 0 Å². The van der Waals surface area contributed by atoms with Crippen LogP contribution in [-0.4, -0.2) is 26.2 Å². The quantitative estimate of drug-likeness (QED) is 0.815. The summed E-state index contributed by atoms with van der Waals surface area (Å²) >= 11 is 0. The van der Waals surface area contributed by atoms with Crippen LogP contribution in [0.1, 0.15) is 31.6 Å². The first-order valence-corrected chi connectivity index (χ1v) is 5.95. The van der Waals surface area contributed by atoms with Crippen molar-refractivity contribution in [1.82, 2.24) is 14.5 Å².